The summed E-state index contributed by atoms with van der Waals surface area (Å²) in [6.45, 7) is 8.14. The van der Waals surface area contributed by atoms with E-state index in [4.69, 9.17) is 4.98 Å². The molecule has 0 atom stereocenters. The molecule has 0 bridgehead atoms. The zero-order valence-corrected chi connectivity index (χ0v) is 20.4. The van der Waals surface area contributed by atoms with Gasteiger partial charge in [0.25, 0.3) is 0 Å². The number of piperazine rings is 1. The number of thiophene rings is 1. The number of hydrogen-bond acceptors (Lipinski definition) is 5. The number of nitrogens with zero attached hydrogens (tertiary/aromatic N) is 4. The van der Waals surface area contributed by atoms with E-state index in [-0.39, 0.29) is 0 Å². The second-order valence-corrected chi connectivity index (χ2v) is 10.3. The summed E-state index contributed by atoms with van der Waals surface area (Å²) in [6.07, 6.45) is 1.26. The Hall–Kier alpha value is -2.51. The summed E-state index contributed by atoms with van der Waals surface area (Å²) in [7, 11) is 4.31. The van der Waals surface area contributed by atoms with Crippen molar-refractivity contribution in [3.05, 3.63) is 66.2 Å². The molecule has 1 fully saturated rings. The van der Waals surface area contributed by atoms with Crippen molar-refractivity contribution in [3.63, 3.8) is 0 Å². The van der Waals surface area contributed by atoms with Gasteiger partial charge in [-0.3, -0.25) is 4.90 Å². The monoisotopic (exact) mass is 459 g/mol. The Balaban J connectivity index is 1.16. The number of H-pyrrole nitrogens is 1. The van der Waals surface area contributed by atoms with Crippen molar-refractivity contribution in [1.82, 2.24) is 24.7 Å². The summed E-state index contributed by atoms with van der Waals surface area (Å²) in [5.41, 5.74) is 4.77. The molecule has 33 heavy (non-hydrogen) atoms. The first-order valence-corrected chi connectivity index (χ1v) is 12.7. The Morgan fingerprint density at radius 3 is 2.36 bits per heavy atom. The minimum atomic E-state index is 0.949. The Kier molecular flexibility index (Phi) is 6.88. The van der Waals surface area contributed by atoms with E-state index >= 15 is 0 Å². The highest BCUT2D eigenvalue weighted by Crippen LogP contribution is 2.34. The topological polar surface area (TPSA) is 38.4 Å². The van der Waals surface area contributed by atoms with Crippen LogP contribution in [0.1, 0.15) is 12.0 Å². The Bertz CT molecular complexity index is 1140. The van der Waals surface area contributed by atoms with Crippen LogP contribution >= 0.6 is 11.3 Å². The normalized spacial score (nSPS) is 15.6. The van der Waals surface area contributed by atoms with E-state index in [0.29, 0.717) is 0 Å². The van der Waals surface area contributed by atoms with Gasteiger partial charge in [-0.25, -0.2) is 4.98 Å². The lowest BCUT2D eigenvalue weighted by Crippen LogP contribution is -2.46. The van der Waals surface area contributed by atoms with Gasteiger partial charge in [-0.1, -0.05) is 36.4 Å². The number of nitrogens with one attached hydrogen (secondary N) is 1. The number of para-hydroxylation sites is 2. The summed E-state index contributed by atoms with van der Waals surface area (Å²) >= 11 is 1.79. The first-order valence-electron chi connectivity index (χ1n) is 11.9. The predicted octanol–water partition coefficient (Wildman–Crippen LogP) is 5.03. The molecule has 172 valence electrons. The lowest BCUT2D eigenvalue weighted by atomic mass is 10.1. The molecule has 1 aliphatic heterocycles. The summed E-state index contributed by atoms with van der Waals surface area (Å²) in [5, 5.41) is 0. The number of benzene rings is 2. The van der Waals surface area contributed by atoms with Gasteiger partial charge in [0.1, 0.15) is 5.82 Å². The Morgan fingerprint density at radius 2 is 1.61 bits per heavy atom. The van der Waals surface area contributed by atoms with E-state index in [2.05, 4.69) is 76.2 Å². The van der Waals surface area contributed by atoms with Crippen LogP contribution in [0.3, 0.4) is 0 Å². The lowest BCUT2D eigenvalue weighted by molar-refractivity contribution is 0.124. The summed E-state index contributed by atoms with van der Waals surface area (Å²) in [4.78, 5) is 18.1. The fourth-order valence-electron chi connectivity index (χ4n) is 4.50. The molecule has 0 amide bonds. The maximum absolute atomic E-state index is 4.74. The van der Waals surface area contributed by atoms with Gasteiger partial charge in [-0.15, -0.1) is 11.3 Å². The van der Waals surface area contributed by atoms with E-state index in [1.165, 1.54) is 53.5 Å². The van der Waals surface area contributed by atoms with Crippen molar-refractivity contribution in [2.75, 3.05) is 53.4 Å². The molecule has 3 heterocycles. The van der Waals surface area contributed by atoms with E-state index in [1.807, 2.05) is 18.2 Å². The highest BCUT2D eigenvalue weighted by Gasteiger charge is 2.17. The van der Waals surface area contributed by atoms with E-state index in [0.717, 1.165) is 36.5 Å². The number of aromatic amines is 1. The summed E-state index contributed by atoms with van der Waals surface area (Å²) < 4.78 is 0. The Labute approximate surface area is 200 Å². The van der Waals surface area contributed by atoms with Crippen molar-refractivity contribution in [1.29, 1.82) is 0 Å². The maximum atomic E-state index is 4.74. The molecule has 5 rings (SSSR count). The second-order valence-electron chi connectivity index (χ2n) is 9.24. The number of fused-ring (bicyclic) bond motifs is 1. The number of aromatic nitrogens is 2. The molecule has 1 N–H and O–H groups in total. The molecule has 0 radical (unpaired) electrons. The van der Waals surface area contributed by atoms with Crippen LogP contribution in [-0.2, 0) is 6.54 Å². The van der Waals surface area contributed by atoms with Gasteiger partial charge in [0, 0.05) is 37.6 Å². The van der Waals surface area contributed by atoms with Gasteiger partial charge in [0.15, 0.2) is 0 Å². The zero-order chi connectivity index (χ0) is 22.6. The van der Waals surface area contributed by atoms with E-state index in [1.54, 1.807) is 11.3 Å². The third-order valence-electron chi connectivity index (χ3n) is 6.42. The minimum Gasteiger partial charge on any atom is -0.337 e. The molecule has 1 saturated heterocycles. The number of hydrogen-bond donors (Lipinski definition) is 1. The summed E-state index contributed by atoms with van der Waals surface area (Å²) in [6, 6.07) is 21.7. The molecular formula is C27H33N5S. The summed E-state index contributed by atoms with van der Waals surface area (Å²) in [5.74, 6) is 0.949. The molecule has 1 aliphatic rings. The second kappa shape index (κ2) is 10.2. The van der Waals surface area contributed by atoms with E-state index < -0.39 is 0 Å². The molecule has 2 aromatic carbocycles. The minimum absolute atomic E-state index is 0.949. The SMILES string of the molecule is CN(C)CCCN1CCN(Cc2ccc(-c3ccc(-c4nc5ccccc5[nH]4)s3)cc2)CC1. The van der Waals surface area contributed by atoms with Crippen LogP contribution in [0, 0.1) is 0 Å². The van der Waals surface area contributed by atoms with Crippen LogP contribution in [0.5, 0.6) is 0 Å². The van der Waals surface area contributed by atoms with Gasteiger partial charge >= 0.3 is 0 Å². The zero-order valence-electron chi connectivity index (χ0n) is 19.6. The third kappa shape index (κ3) is 5.53. The van der Waals surface area contributed by atoms with Crippen LogP contribution in [0.2, 0.25) is 0 Å². The highest BCUT2D eigenvalue weighted by atomic mass is 32.1. The number of imidazole rings is 1. The first kappa shape index (κ1) is 22.3. The fraction of sp³-hybridized carbons (Fsp3) is 0.370. The van der Waals surface area contributed by atoms with Gasteiger partial charge in [-0.2, -0.15) is 0 Å². The Morgan fingerprint density at radius 1 is 0.879 bits per heavy atom. The van der Waals surface area contributed by atoms with Gasteiger partial charge < -0.3 is 14.8 Å². The fourth-order valence-corrected chi connectivity index (χ4v) is 5.46. The van der Waals surface area contributed by atoms with Crippen molar-refractivity contribution in [2.45, 2.75) is 13.0 Å². The van der Waals surface area contributed by atoms with Crippen molar-refractivity contribution < 1.29 is 0 Å². The predicted molar refractivity (Wildman–Crippen MR) is 140 cm³/mol. The molecule has 0 unspecified atom stereocenters. The maximum Gasteiger partial charge on any atom is 0.148 e. The van der Waals surface area contributed by atoms with Crippen LogP contribution in [-0.4, -0.2) is 78.0 Å². The van der Waals surface area contributed by atoms with Crippen LogP contribution in [0.25, 0.3) is 32.2 Å². The van der Waals surface area contributed by atoms with Crippen molar-refractivity contribution in [3.8, 4) is 21.1 Å². The third-order valence-corrected chi connectivity index (χ3v) is 7.56. The standard InChI is InChI=1S/C27H33N5S/c1-30(2)14-5-15-31-16-18-32(19-17-31)20-21-8-10-22(11-9-21)25-12-13-26(33-25)27-28-23-6-3-4-7-24(23)29-27/h3-4,6-13H,5,14-20H2,1-2H3,(H,28,29). The van der Waals surface area contributed by atoms with Crippen LogP contribution < -0.4 is 0 Å². The molecule has 6 heteroatoms. The smallest absolute Gasteiger partial charge is 0.148 e. The molecule has 0 saturated carbocycles. The van der Waals surface area contributed by atoms with E-state index in [9.17, 15) is 0 Å². The van der Waals surface area contributed by atoms with Crippen LogP contribution in [0.15, 0.2) is 60.7 Å². The van der Waals surface area contributed by atoms with Crippen molar-refractivity contribution >= 4 is 22.4 Å². The average Bonchev–Trinajstić information content (AvgIpc) is 3.48. The molecule has 0 spiro atoms. The quantitative estimate of drug-likeness (QED) is 0.401. The van der Waals surface area contributed by atoms with Gasteiger partial charge in [0.05, 0.1) is 15.9 Å². The van der Waals surface area contributed by atoms with Gasteiger partial charge in [0.2, 0.25) is 0 Å². The lowest BCUT2D eigenvalue weighted by Gasteiger charge is -2.35. The number of rotatable bonds is 8. The molecule has 0 aliphatic carbocycles. The van der Waals surface area contributed by atoms with Crippen LogP contribution in [0.4, 0.5) is 0 Å². The average molecular weight is 460 g/mol. The molecule has 4 aromatic rings. The highest BCUT2D eigenvalue weighted by molar-refractivity contribution is 7.18. The largest absolute Gasteiger partial charge is 0.337 e. The molecule has 2 aromatic heterocycles. The first-order chi connectivity index (χ1) is 16.1. The molecule has 5 nitrogen and oxygen atoms in total. The molecular weight excluding hydrogens is 426 g/mol. The van der Waals surface area contributed by atoms with Gasteiger partial charge in [-0.05, 0) is 69.0 Å². The van der Waals surface area contributed by atoms with Crippen molar-refractivity contribution in [2.24, 2.45) is 0 Å².